The minimum atomic E-state index is -0.0773. The Morgan fingerprint density at radius 2 is 1.08 bits per heavy atom. The molecule has 3 rings (SSSR count). The van der Waals surface area contributed by atoms with Gasteiger partial charge in [0.15, 0.2) is 0 Å². The van der Waals surface area contributed by atoms with Crippen molar-refractivity contribution in [3.63, 3.8) is 0 Å². The highest BCUT2D eigenvalue weighted by atomic mass is 16.2. The third-order valence-corrected chi connectivity index (χ3v) is 5.73. The van der Waals surface area contributed by atoms with E-state index in [4.69, 9.17) is 0 Å². The molecule has 134 valence electrons. The first-order chi connectivity index (χ1) is 11.5. The first-order valence-electron chi connectivity index (χ1n) is 9.04. The van der Waals surface area contributed by atoms with Crippen LogP contribution in [0, 0.1) is 0 Å². The Bertz CT molecular complexity index is 421. The number of amides is 2. The van der Waals surface area contributed by atoms with Gasteiger partial charge in [-0.1, -0.05) is 13.2 Å². The van der Waals surface area contributed by atoms with Crippen molar-refractivity contribution in [3.05, 3.63) is 25.3 Å². The maximum Gasteiger partial charge on any atom is 0.243 e. The van der Waals surface area contributed by atoms with Gasteiger partial charge in [0, 0.05) is 25.9 Å². The van der Waals surface area contributed by atoms with E-state index < -0.39 is 0 Å². The van der Waals surface area contributed by atoms with Crippen molar-refractivity contribution in [2.45, 2.75) is 12.8 Å². The zero-order chi connectivity index (χ0) is 17.5. The summed E-state index contributed by atoms with van der Waals surface area (Å²) in [4.78, 5) is 22.4. The van der Waals surface area contributed by atoms with E-state index in [1.807, 2.05) is 0 Å². The van der Waals surface area contributed by atoms with Crippen LogP contribution in [-0.2, 0) is 9.59 Å². The van der Waals surface area contributed by atoms with E-state index in [-0.39, 0.29) is 11.8 Å². The van der Waals surface area contributed by atoms with Gasteiger partial charge in [-0.2, -0.15) is 0 Å². The summed E-state index contributed by atoms with van der Waals surface area (Å²) in [6, 6.07) is 0. The average molecular weight is 336 g/mol. The molecular weight excluding hydrogens is 304 g/mol. The number of nitrogens with zero attached hydrogens (tertiary/aromatic N) is 2. The standard InChI is InChI=1S/C18H30N4O2/c1-3-17(23)19-7-5-9-21-11-14-22(15-12-21,16-13-21)10-6-8-20-18(24)4-2/h3-4H,1-2,5-16H2/p+2. The Morgan fingerprint density at radius 1 is 0.750 bits per heavy atom. The van der Waals surface area contributed by atoms with Gasteiger partial charge in [0.1, 0.15) is 39.3 Å². The van der Waals surface area contributed by atoms with Gasteiger partial charge in [0.05, 0.1) is 13.1 Å². The number of rotatable bonds is 10. The Kier molecular flexibility index (Phi) is 6.57. The van der Waals surface area contributed by atoms with E-state index >= 15 is 0 Å². The largest absolute Gasteiger partial charge is 0.352 e. The average Bonchev–Trinajstić information content (AvgIpc) is 2.63. The van der Waals surface area contributed by atoms with E-state index in [0.717, 1.165) is 39.0 Å². The molecular formula is C18H32N4O2+2. The van der Waals surface area contributed by atoms with Gasteiger partial charge < -0.3 is 19.6 Å². The molecule has 0 saturated carbocycles. The van der Waals surface area contributed by atoms with Crippen molar-refractivity contribution >= 4 is 11.8 Å². The summed E-state index contributed by atoms with van der Waals surface area (Å²) in [6.45, 7) is 18.2. The fraction of sp³-hybridized carbons (Fsp3) is 0.667. The number of nitrogens with one attached hydrogen (secondary N) is 2. The van der Waals surface area contributed by atoms with Crippen molar-refractivity contribution in [2.75, 3.05) is 65.4 Å². The summed E-state index contributed by atoms with van der Waals surface area (Å²) in [6.07, 6.45) is 4.73. The third-order valence-electron chi connectivity index (χ3n) is 5.73. The molecule has 2 amide bonds. The van der Waals surface area contributed by atoms with Gasteiger partial charge in [-0.3, -0.25) is 9.59 Å². The van der Waals surface area contributed by atoms with E-state index in [1.54, 1.807) is 0 Å². The molecule has 0 aromatic rings. The lowest BCUT2D eigenvalue weighted by Crippen LogP contribution is -2.75. The van der Waals surface area contributed by atoms with Crippen LogP contribution >= 0.6 is 0 Å². The van der Waals surface area contributed by atoms with Gasteiger partial charge in [-0.05, 0) is 12.2 Å². The Hall–Kier alpha value is -1.66. The van der Waals surface area contributed by atoms with Crippen LogP contribution in [0.2, 0.25) is 0 Å². The van der Waals surface area contributed by atoms with Crippen molar-refractivity contribution in [1.82, 2.24) is 10.6 Å². The first-order valence-corrected chi connectivity index (χ1v) is 9.04. The first kappa shape index (κ1) is 18.7. The zero-order valence-corrected chi connectivity index (χ0v) is 14.8. The Balaban J connectivity index is 1.67. The number of piperazine rings is 3. The van der Waals surface area contributed by atoms with Crippen LogP contribution in [0.1, 0.15) is 12.8 Å². The molecule has 2 N–H and O–H groups in total. The second kappa shape index (κ2) is 8.44. The Morgan fingerprint density at radius 3 is 1.38 bits per heavy atom. The second-order valence-electron chi connectivity index (χ2n) is 7.17. The van der Waals surface area contributed by atoms with Crippen LogP contribution in [0.15, 0.2) is 25.3 Å². The van der Waals surface area contributed by atoms with Crippen LogP contribution < -0.4 is 10.6 Å². The van der Waals surface area contributed by atoms with Crippen molar-refractivity contribution in [3.8, 4) is 0 Å². The predicted molar refractivity (Wildman–Crippen MR) is 95.1 cm³/mol. The van der Waals surface area contributed by atoms with E-state index in [1.165, 1.54) is 60.4 Å². The number of carbonyl (C=O) groups excluding carboxylic acids is 2. The molecule has 0 spiro atoms. The smallest absolute Gasteiger partial charge is 0.243 e. The molecule has 3 fully saturated rings. The molecule has 0 radical (unpaired) electrons. The molecule has 2 bridgehead atoms. The maximum atomic E-state index is 11.2. The lowest BCUT2D eigenvalue weighted by molar-refractivity contribution is -1.08. The summed E-state index contributed by atoms with van der Waals surface area (Å²) in [5.74, 6) is -0.155. The normalized spacial score (nSPS) is 28.2. The minimum absolute atomic E-state index is 0.0773. The van der Waals surface area contributed by atoms with Gasteiger partial charge >= 0.3 is 0 Å². The minimum Gasteiger partial charge on any atom is -0.352 e. The SMILES string of the molecule is C=CC(=O)NCCC[N+]12CC[N+](CCCNC(=O)C=C)(CC1)CC2. The van der Waals surface area contributed by atoms with Crippen LogP contribution in [0.25, 0.3) is 0 Å². The molecule has 3 heterocycles. The van der Waals surface area contributed by atoms with Crippen molar-refractivity contribution in [2.24, 2.45) is 0 Å². The zero-order valence-electron chi connectivity index (χ0n) is 14.8. The van der Waals surface area contributed by atoms with Gasteiger partial charge in [-0.15, -0.1) is 0 Å². The van der Waals surface area contributed by atoms with Crippen LogP contribution in [0.3, 0.4) is 0 Å². The molecule has 0 atom stereocenters. The number of fused-ring (bicyclic) bond motifs is 3. The molecule has 0 aromatic carbocycles. The lowest BCUT2D eigenvalue weighted by atomic mass is 10.1. The van der Waals surface area contributed by atoms with E-state index in [9.17, 15) is 9.59 Å². The molecule has 3 aliphatic rings. The van der Waals surface area contributed by atoms with E-state index in [2.05, 4.69) is 23.8 Å². The summed E-state index contributed by atoms with van der Waals surface area (Å²) in [5, 5.41) is 5.74. The number of quaternary nitrogens is 2. The summed E-state index contributed by atoms with van der Waals surface area (Å²) < 4.78 is 2.44. The number of carbonyl (C=O) groups is 2. The van der Waals surface area contributed by atoms with Crippen molar-refractivity contribution < 1.29 is 18.6 Å². The monoisotopic (exact) mass is 336 g/mol. The quantitative estimate of drug-likeness (QED) is 0.336. The van der Waals surface area contributed by atoms with Crippen LogP contribution in [-0.4, -0.2) is 86.2 Å². The highest BCUT2D eigenvalue weighted by Crippen LogP contribution is 2.27. The molecule has 0 aliphatic carbocycles. The van der Waals surface area contributed by atoms with Crippen LogP contribution in [0.4, 0.5) is 0 Å². The third kappa shape index (κ3) is 4.92. The summed E-state index contributed by atoms with van der Waals surface area (Å²) in [7, 11) is 0. The topological polar surface area (TPSA) is 58.2 Å². The van der Waals surface area contributed by atoms with Gasteiger partial charge in [-0.25, -0.2) is 0 Å². The van der Waals surface area contributed by atoms with Crippen molar-refractivity contribution in [1.29, 1.82) is 0 Å². The molecule has 3 saturated heterocycles. The summed E-state index contributed by atoms with van der Waals surface area (Å²) >= 11 is 0. The van der Waals surface area contributed by atoms with Crippen LogP contribution in [0.5, 0.6) is 0 Å². The predicted octanol–water partition coefficient (Wildman–Crippen LogP) is 0.0318. The molecule has 6 heteroatoms. The maximum absolute atomic E-state index is 11.2. The highest BCUT2D eigenvalue weighted by molar-refractivity contribution is 5.87. The number of hydrogen-bond acceptors (Lipinski definition) is 2. The molecule has 0 aromatic heterocycles. The second-order valence-corrected chi connectivity index (χ2v) is 7.17. The molecule has 3 aliphatic heterocycles. The van der Waals surface area contributed by atoms with Gasteiger partial charge in [0.25, 0.3) is 0 Å². The summed E-state index contributed by atoms with van der Waals surface area (Å²) in [5.41, 5.74) is 0. The molecule has 24 heavy (non-hydrogen) atoms. The fourth-order valence-electron chi connectivity index (χ4n) is 4.01. The van der Waals surface area contributed by atoms with E-state index in [0.29, 0.717) is 0 Å². The fourth-order valence-corrected chi connectivity index (χ4v) is 4.01. The molecule has 6 nitrogen and oxygen atoms in total. The number of hydrogen-bond donors (Lipinski definition) is 2. The lowest BCUT2D eigenvalue weighted by Gasteiger charge is -2.55. The highest BCUT2D eigenvalue weighted by Gasteiger charge is 2.48. The Labute approximate surface area is 145 Å². The van der Waals surface area contributed by atoms with Gasteiger partial charge in [0.2, 0.25) is 11.8 Å². The molecule has 0 unspecified atom stereocenters.